The average Bonchev–Trinajstić information content (AvgIpc) is 2.86. The number of hydrogen-bond acceptors (Lipinski definition) is 6. The molecule has 2 amide bonds. The topological polar surface area (TPSA) is 107 Å². The van der Waals surface area contributed by atoms with Crippen LogP contribution in [0.3, 0.4) is 0 Å². The summed E-state index contributed by atoms with van der Waals surface area (Å²) in [4.78, 5) is 48.3. The van der Waals surface area contributed by atoms with Crippen LogP contribution in [0, 0.1) is 10.1 Å². The molecule has 1 aliphatic rings. The smallest absolute Gasteiger partial charge is 0.338 e. The number of fused-ring (bicyclic) bond motifs is 1. The van der Waals surface area contributed by atoms with Gasteiger partial charge in [0.1, 0.15) is 5.56 Å². The lowest BCUT2D eigenvalue weighted by Crippen LogP contribution is -2.29. The second-order valence-electron chi connectivity index (χ2n) is 5.17. The fourth-order valence-electron chi connectivity index (χ4n) is 2.64. The number of esters is 1. The molecule has 2 aromatic rings. The van der Waals surface area contributed by atoms with Crippen molar-refractivity contribution < 1.29 is 24.0 Å². The predicted molar refractivity (Wildman–Crippen MR) is 86.6 cm³/mol. The lowest BCUT2D eigenvalue weighted by atomic mass is 10.1. The van der Waals surface area contributed by atoms with Gasteiger partial charge in [0.05, 0.1) is 28.3 Å². The van der Waals surface area contributed by atoms with Crippen molar-refractivity contribution in [3.63, 3.8) is 0 Å². The molecule has 3 rings (SSSR count). The van der Waals surface area contributed by atoms with Crippen LogP contribution in [-0.4, -0.2) is 29.3 Å². The maximum Gasteiger partial charge on any atom is 0.338 e. The number of benzene rings is 2. The Morgan fingerprint density at radius 3 is 2.56 bits per heavy atom. The van der Waals surface area contributed by atoms with Crippen molar-refractivity contribution in [3.8, 4) is 0 Å². The second-order valence-corrected chi connectivity index (χ2v) is 5.17. The van der Waals surface area contributed by atoms with Crippen molar-refractivity contribution in [2.45, 2.75) is 6.92 Å². The highest BCUT2D eigenvalue weighted by Gasteiger charge is 2.41. The normalized spacial score (nSPS) is 12.9. The number of nitro groups is 1. The molecule has 0 radical (unpaired) electrons. The molecular weight excluding hydrogens is 328 g/mol. The highest BCUT2D eigenvalue weighted by Crippen LogP contribution is 2.34. The number of amides is 2. The van der Waals surface area contributed by atoms with Crippen molar-refractivity contribution >= 4 is 29.2 Å². The molecule has 0 bridgehead atoms. The molecule has 8 heteroatoms. The zero-order chi connectivity index (χ0) is 18.1. The van der Waals surface area contributed by atoms with Gasteiger partial charge in [-0.05, 0) is 31.2 Å². The van der Waals surface area contributed by atoms with E-state index in [4.69, 9.17) is 4.74 Å². The van der Waals surface area contributed by atoms with Crippen LogP contribution in [-0.2, 0) is 4.74 Å². The Hall–Kier alpha value is -3.55. The van der Waals surface area contributed by atoms with Gasteiger partial charge in [-0.1, -0.05) is 12.1 Å². The van der Waals surface area contributed by atoms with Crippen molar-refractivity contribution in [1.29, 1.82) is 0 Å². The predicted octanol–water partition coefficient (Wildman–Crippen LogP) is 2.57. The third kappa shape index (κ3) is 2.63. The summed E-state index contributed by atoms with van der Waals surface area (Å²) in [7, 11) is 0. The maximum absolute atomic E-state index is 12.6. The summed E-state index contributed by atoms with van der Waals surface area (Å²) < 4.78 is 4.90. The summed E-state index contributed by atoms with van der Waals surface area (Å²) >= 11 is 0. The van der Waals surface area contributed by atoms with E-state index >= 15 is 0 Å². The van der Waals surface area contributed by atoms with Gasteiger partial charge < -0.3 is 4.74 Å². The van der Waals surface area contributed by atoms with Gasteiger partial charge in [-0.3, -0.25) is 19.7 Å². The molecule has 0 saturated heterocycles. The summed E-state index contributed by atoms with van der Waals surface area (Å²) in [5.74, 6) is -2.06. The number of anilines is 1. The van der Waals surface area contributed by atoms with E-state index in [0.29, 0.717) is 0 Å². The first-order valence-electron chi connectivity index (χ1n) is 7.39. The Labute approximate surface area is 141 Å². The minimum atomic E-state index is -0.798. The first kappa shape index (κ1) is 16.3. The number of carbonyl (C=O) groups excluding carboxylic acids is 3. The first-order chi connectivity index (χ1) is 12.0. The maximum atomic E-state index is 12.6. The van der Waals surface area contributed by atoms with Crippen LogP contribution in [0.15, 0.2) is 42.5 Å². The standard InChI is InChI=1S/C17H12N2O6/c1-2-25-17(22)10-5-3-6-11(9-10)18-15(20)12-7-4-8-13(19(23)24)14(12)16(18)21/h3-9H,2H2,1H3. The van der Waals surface area contributed by atoms with Gasteiger partial charge in [0, 0.05) is 6.07 Å². The van der Waals surface area contributed by atoms with Gasteiger partial charge in [-0.2, -0.15) is 0 Å². The lowest BCUT2D eigenvalue weighted by molar-refractivity contribution is -0.385. The van der Waals surface area contributed by atoms with Crippen molar-refractivity contribution in [2.24, 2.45) is 0 Å². The zero-order valence-electron chi connectivity index (χ0n) is 13.1. The molecule has 126 valence electrons. The van der Waals surface area contributed by atoms with E-state index in [-0.39, 0.29) is 29.0 Å². The minimum Gasteiger partial charge on any atom is -0.462 e. The van der Waals surface area contributed by atoms with E-state index in [1.165, 1.54) is 42.5 Å². The summed E-state index contributed by atoms with van der Waals surface area (Å²) in [6.07, 6.45) is 0. The third-order valence-electron chi connectivity index (χ3n) is 3.71. The summed E-state index contributed by atoms with van der Waals surface area (Å²) in [6, 6.07) is 9.67. The molecular formula is C17H12N2O6. The third-order valence-corrected chi connectivity index (χ3v) is 3.71. The van der Waals surface area contributed by atoms with Crippen LogP contribution >= 0.6 is 0 Å². The Balaban J connectivity index is 2.06. The highest BCUT2D eigenvalue weighted by atomic mass is 16.6. The Morgan fingerprint density at radius 1 is 1.16 bits per heavy atom. The van der Waals surface area contributed by atoms with Gasteiger partial charge in [0.15, 0.2) is 0 Å². The van der Waals surface area contributed by atoms with Gasteiger partial charge in [-0.25, -0.2) is 9.69 Å². The van der Waals surface area contributed by atoms with Gasteiger partial charge in [0.25, 0.3) is 17.5 Å². The van der Waals surface area contributed by atoms with Crippen LogP contribution in [0.4, 0.5) is 11.4 Å². The number of nitrogens with zero attached hydrogens (tertiary/aromatic N) is 2. The number of hydrogen-bond donors (Lipinski definition) is 0. The van der Waals surface area contributed by atoms with Crippen LogP contribution in [0.5, 0.6) is 0 Å². The van der Waals surface area contributed by atoms with Crippen molar-refractivity contribution in [1.82, 2.24) is 0 Å². The number of imide groups is 1. The largest absolute Gasteiger partial charge is 0.462 e. The zero-order valence-corrected chi connectivity index (χ0v) is 13.1. The van der Waals surface area contributed by atoms with Gasteiger partial charge in [0.2, 0.25) is 0 Å². The van der Waals surface area contributed by atoms with E-state index in [1.807, 2.05) is 0 Å². The fraction of sp³-hybridized carbons (Fsp3) is 0.118. The molecule has 2 aromatic carbocycles. The fourth-order valence-corrected chi connectivity index (χ4v) is 2.64. The first-order valence-corrected chi connectivity index (χ1v) is 7.39. The van der Waals surface area contributed by atoms with E-state index in [0.717, 1.165) is 4.90 Å². The van der Waals surface area contributed by atoms with Crippen molar-refractivity contribution in [2.75, 3.05) is 11.5 Å². The molecule has 1 heterocycles. The number of carbonyl (C=O) groups is 3. The molecule has 0 aromatic heterocycles. The molecule has 0 fully saturated rings. The molecule has 25 heavy (non-hydrogen) atoms. The molecule has 0 saturated carbocycles. The van der Waals surface area contributed by atoms with E-state index in [1.54, 1.807) is 6.92 Å². The van der Waals surface area contributed by atoms with E-state index in [9.17, 15) is 24.5 Å². The number of rotatable bonds is 4. The summed E-state index contributed by atoms with van der Waals surface area (Å²) in [5, 5.41) is 11.1. The molecule has 0 unspecified atom stereocenters. The monoisotopic (exact) mass is 340 g/mol. The van der Waals surface area contributed by atoms with E-state index < -0.39 is 28.4 Å². The number of ether oxygens (including phenoxy) is 1. The summed E-state index contributed by atoms with van der Waals surface area (Å²) in [5.41, 5.74) is -0.406. The molecule has 0 N–H and O–H groups in total. The van der Waals surface area contributed by atoms with Crippen LogP contribution in [0.1, 0.15) is 38.0 Å². The molecule has 8 nitrogen and oxygen atoms in total. The highest BCUT2D eigenvalue weighted by molar-refractivity contribution is 6.35. The number of nitro benzene ring substituents is 1. The van der Waals surface area contributed by atoms with Crippen LogP contribution in [0.25, 0.3) is 0 Å². The van der Waals surface area contributed by atoms with Gasteiger partial charge >= 0.3 is 5.97 Å². The summed E-state index contributed by atoms with van der Waals surface area (Å²) in [6.45, 7) is 1.84. The van der Waals surface area contributed by atoms with Crippen LogP contribution < -0.4 is 4.90 Å². The molecule has 0 spiro atoms. The van der Waals surface area contributed by atoms with Gasteiger partial charge in [-0.15, -0.1) is 0 Å². The SMILES string of the molecule is CCOC(=O)c1cccc(N2C(=O)c3cccc([N+](=O)[O-])c3C2=O)c1. The second kappa shape index (κ2) is 6.16. The molecule has 0 atom stereocenters. The molecule has 1 aliphatic heterocycles. The Bertz CT molecular complexity index is 921. The van der Waals surface area contributed by atoms with Crippen LogP contribution in [0.2, 0.25) is 0 Å². The molecule has 0 aliphatic carbocycles. The Kier molecular flexibility index (Phi) is 4.02. The lowest BCUT2D eigenvalue weighted by Gasteiger charge is -2.14. The Morgan fingerprint density at radius 2 is 1.88 bits per heavy atom. The average molecular weight is 340 g/mol. The van der Waals surface area contributed by atoms with E-state index in [2.05, 4.69) is 0 Å². The minimum absolute atomic E-state index is 0.0410. The quantitative estimate of drug-likeness (QED) is 0.366. The van der Waals surface area contributed by atoms with Crippen molar-refractivity contribution in [3.05, 3.63) is 69.3 Å².